The van der Waals surface area contributed by atoms with E-state index in [1.165, 1.54) is 5.56 Å². The molecule has 0 unspecified atom stereocenters. The van der Waals surface area contributed by atoms with Crippen LogP contribution in [0, 0.1) is 6.92 Å². The van der Waals surface area contributed by atoms with Crippen LogP contribution in [0.5, 0.6) is 5.75 Å². The Morgan fingerprint density at radius 2 is 1.60 bits per heavy atom. The van der Waals surface area contributed by atoms with Crippen LogP contribution in [-0.2, 0) is 4.79 Å². The summed E-state index contributed by atoms with van der Waals surface area (Å²) >= 11 is 0. The summed E-state index contributed by atoms with van der Waals surface area (Å²) in [5.74, 6) is 0.602. The van der Waals surface area contributed by atoms with Crippen LogP contribution in [0.3, 0.4) is 0 Å². The normalized spacial score (nSPS) is 13.2. The number of nitrogens with one attached hydrogen (secondary N) is 1. The molecule has 0 radical (unpaired) electrons. The lowest BCUT2D eigenvalue weighted by molar-refractivity contribution is -0.127. The van der Waals surface area contributed by atoms with Crippen molar-refractivity contribution >= 4 is 16.7 Å². The average Bonchev–Trinajstić information content (AvgIpc) is 2.62. The Bertz CT molecular complexity index is 865. The second-order valence-corrected chi connectivity index (χ2v) is 6.38. The fourth-order valence-electron chi connectivity index (χ4n) is 2.81. The first kappa shape index (κ1) is 17.0. The average molecular weight is 333 g/mol. The van der Waals surface area contributed by atoms with Crippen molar-refractivity contribution < 1.29 is 9.53 Å². The van der Waals surface area contributed by atoms with Gasteiger partial charge in [-0.3, -0.25) is 4.79 Å². The number of rotatable bonds is 5. The van der Waals surface area contributed by atoms with Gasteiger partial charge in [-0.05, 0) is 37.8 Å². The molecular formula is C22H23NO2. The zero-order valence-electron chi connectivity index (χ0n) is 14.8. The number of carbonyl (C=O) groups is 1. The summed E-state index contributed by atoms with van der Waals surface area (Å²) in [5.41, 5.74) is 2.28. The SMILES string of the molecule is Cc1ccc([C@H](C)NC(=O)[C@H](C)Oc2cccc3ccccc23)cc1. The van der Waals surface area contributed by atoms with Gasteiger partial charge in [0.05, 0.1) is 6.04 Å². The lowest BCUT2D eigenvalue weighted by atomic mass is 10.1. The number of ether oxygens (including phenoxy) is 1. The molecule has 0 aliphatic heterocycles. The third kappa shape index (κ3) is 4.00. The molecule has 0 aliphatic carbocycles. The Hall–Kier alpha value is -2.81. The van der Waals surface area contributed by atoms with Crippen molar-refractivity contribution in [3.8, 4) is 5.75 Å². The second-order valence-electron chi connectivity index (χ2n) is 6.38. The summed E-state index contributed by atoms with van der Waals surface area (Å²) in [6.07, 6.45) is -0.571. The number of benzene rings is 3. The van der Waals surface area contributed by atoms with Gasteiger partial charge in [0.2, 0.25) is 0 Å². The standard InChI is InChI=1S/C22H23NO2/c1-15-11-13-18(14-12-15)16(2)23-22(24)17(3)25-21-10-6-8-19-7-4-5-9-20(19)21/h4-14,16-17H,1-3H3,(H,23,24)/t16-,17-/m0/s1. The Balaban J connectivity index is 1.69. The van der Waals surface area contributed by atoms with E-state index in [9.17, 15) is 4.79 Å². The van der Waals surface area contributed by atoms with E-state index in [1.54, 1.807) is 6.92 Å². The summed E-state index contributed by atoms with van der Waals surface area (Å²) in [6.45, 7) is 5.80. The largest absolute Gasteiger partial charge is 0.480 e. The van der Waals surface area contributed by atoms with Gasteiger partial charge in [0.1, 0.15) is 5.75 Å². The molecule has 3 aromatic carbocycles. The third-order valence-electron chi connectivity index (χ3n) is 4.36. The maximum Gasteiger partial charge on any atom is 0.261 e. The minimum Gasteiger partial charge on any atom is -0.480 e. The maximum absolute atomic E-state index is 12.5. The van der Waals surface area contributed by atoms with Gasteiger partial charge in [0.25, 0.3) is 5.91 Å². The predicted molar refractivity (Wildman–Crippen MR) is 102 cm³/mol. The highest BCUT2D eigenvalue weighted by Crippen LogP contribution is 2.26. The first-order valence-corrected chi connectivity index (χ1v) is 8.56. The zero-order valence-corrected chi connectivity index (χ0v) is 14.8. The number of fused-ring (bicyclic) bond motifs is 1. The molecule has 25 heavy (non-hydrogen) atoms. The highest BCUT2D eigenvalue weighted by atomic mass is 16.5. The summed E-state index contributed by atoms with van der Waals surface area (Å²) < 4.78 is 5.93. The number of carbonyl (C=O) groups excluding carboxylic acids is 1. The molecule has 2 atom stereocenters. The number of hydrogen-bond acceptors (Lipinski definition) is 2. The highest BCUT2D eigenvalue weighted by molar-refractivity contribution is 5.89. The van der Waals surface area contributed by atoms with E-state index < -0.39 is 6.10 Å². The van der Waals surface area contributed by atoms with Crippen LogP contribution in [0.1, 0.15) is 31.0 Å². The van der Waals surface area contributed by atoms with Gasteiger partial charge in [-0.15, -0.1) is 0 Å². The Kier molecular flexibility index (Phi) is 5.03. The molecule has 1 N–H and O–H groups in total. The van der Waals surface area contributed by atoms with Crippen molar-refractivity contribution in [1.29, 1.82) is 0 Å². The van der Waals surface area contributed by atoms with Crippen LogP contribution < -0.4 is 10.1 Å². The molecule has 0 aliphatic rings. The molecule has 0 saturated carbocycles. The number of aryl methyl sites for hydroxylation is 1. The molecule has 0 fully saturated rings. The minimum atomic E-state index is -0.571. The molecular weight excluding hydrogens is 310 g/mol. The first-order valence-electron chi connectivity index (χ1n) is 8.56. The summed E-state index contributed by atoms with van der Waals surface area (Å²) in [6, 6.07) is 22.0. The Morgan fingerprint density at radius 3 is 2.36 bits per heavy atom. The smallest absolute Gasteiger partial charge is 0.261 e. The van der Waals surface area contributed by atoms with Gasteiger partial charge in [-0.25, -0.2) is 0 Å². The predicted octanol–water partition coefficient (Wildman–Crippen LogP) is 4.79. The van der Waals surface area contributed by atoms with Gasteiger partial charge in [-0.1, -0.05) is 66.2 Å². The van der Waals surface area contributed by atoms with Crippen LogP contribution in [0.4, 0.5) is 0 Å². The summed E-state index contributed by atoms with van der Waals surface area (Å²) in [4.78, 5) is 12.5. The molecule has 128 valence electrons. The molecule has 0 saturated heterocycles. The monoisotopic (exact) mass is 333 g/mol. The number of hydrogen-bond donors (Lipinski definition) is 1. The van der Waals surface area contributed by atoms with Crippen LogP contribution >= 0.6 is 0 Å². The molecule has 3 rings (SSSR count). The maximum atomic E-state index is 12.5. The topological polar surface area (TPSA) is 38.3 Å². The summed E-state index contributed by atoms with van der Waals surface area (Å²) in [5, 5.41) is 5.13. The summed E-state index contributed by atoms with van der Waals surface area (Å²) in [7, 11) is 0. The Labute approximate surface area is 148 Å². The van der Waals surface area contributed by atoms with Crippen LogP contribution in [0.25, 0.3) is 10.8 Å². The van der Waals surface area contributed by atoms with E-state index in [0.29, 0.717) is 0 Å². The molecule has 0 spiro atoms. The highest BCUT2D eigenvalue weighted by Gasteiger charge is 2.18. The van der Waals surface area contributed by atoms with E-state index >= 15 is 0 Å². The number of amides is 1. The fraction of sp³-hybridized carbons (Fsp3) is 0.227. The van der Waals surface area contributed by atoms with Crippen LogP contribution in [-0.4, -0.2) is 12.0 Å². The van der Waals surface area contributed by atoms with Gasteiger partial charge < -0.3 is 10.1 Å². The van der Waals surface area contributed by atoms with Crippen molar-refractivity contribution in [3.63, 3.8) is 0 Å². The van der Waals surface area contributed by atoms with E-state index in [4.69, 9.17) is 4.74 Å². The molecule has 0 bridgehead atoms. The van der Waals surface area contributed by atoms with Crippen molar-refractivity contribution in [2.45, 2.75) is 32.9 Å². The molecule has 3 nitrogen and oxygen atoms in total. The fourth-order valence-corrected chi connectivity index (χ4v) is 2.81. The molecule has 3 heteroatoms. The second kappa shape index (κ2) is 7.39. The lowest BCUT2D eigenvalue weighted by Crippen LogP contribution is -2.37. The van der Waals surface area contributed by atoms with Crippen LogP contribution in [0.2, 0.25) is 0 Å². The zero-order chi connectivity index (χ0) is 17.8. The lowest BCUT2D eigenvalue weighted by Gasteiger charge is -2.20. The molecule has 0 aromatic heterocycles. The van der Waals surface area contributed by atoms with Gasteiger partial charge in [-0.2, -0.15) is 0 Å². The van der Waals surface area contributed by atoms with Crippen molar-refractivity contribution in [1.82, 2.24) is 5.32 Å². The van der Waals surface area contributed by atoms with Gasteiger partial charge in [0.15, 0.2) is 6.10 Å². The van der Waals surface area contributed by atoms with Crippen molar-refractivity contribution in [2.24, 2.45) is 0 Å². The van der Waals surface area contributed by atoms with E-state index in [0.717, 1.165) is 22.1 Å². The Morgan fingerprint density at radius 1 is 0.920 bits per heavy atom. The van der Waals surface area contributed by atoms with Gasteiger partial charge in [0, 0.05) is 5.39 Å². The third-order valence-corrected chi connectivity index (χ3v) is 4.36. The van der Waals surface area contributed by atoms with Crippen molar-refractivity contribution in [2.75, 3.05) is 0 Å². The van der Waals surface area contributed by atoms with E-state index in [1.807, 2.05) is 80.6 Å². The van der Waals surface area contributed by atoms with E-state index in [-0.39, 0.29) is 11.9 Å². The minimum absolute atomic E-state index is 0.0633. The molecule has 3 aromatic rings. The first-order chi connectivity index (χ1) is 12.0. The molecule has 0 heterocycles. The van der Waals surface area contributed by atoms with Crippen LogP contribution in [0.15, 0.2) is 66.7 Å². The molecule has 1 amide bonds. The quantitative estimate of drug-likeness (QED) is 0.729. The van der Waals surface area contributed by atoms with Gasteiger partial charge >= 0.3 is 0 Å². The van der Waals surface area contributed by atoms with Crippen molar-refractivity contribution in [3.05, 3.63) is 77.9 Å². The van der Waals surface area contributed by atoms with E-state index in [2.05, 4.69) is 5.32 Å².